The number of fused-ring (bicyclic) bond motifs is 2. The van der Waals surface area contributed by atoms with E-state index < -0.39 is 0 Å². The Kier molecular flexibility index (Phi) is 4.08. The highest BCUT2D eigenvalue weighted by atomic mass is 127. The molecule has 2 aliphatic rings. The molecule has 0 amide bonds. The molecule has 1 saturated carbocycles. The van der Waals surface area contributed by atoms with Gasteiger partial charge in [-0.15, -0.1) is 0 Å². The first-order valence-corrected chi connectivity index (χ1v) is 10.2. The summed E-state index contributed by atoms with van der Waals surface area (Å²) in [7, 11) is 1.45. The van der Waals surface area contributed by atoms with Crippen LogP contribution in [0.25, 0.3) is 16.6 Å². The predicted octanol–water partition coefficient (Wildman–Crippen LogP) is 3.33. The molecule has 1 aromatic carbocycles. The molecule has 1 aliphatic heterocycles. The molecule has 2 fully saturated rings. The van der Waals surface area contributed by atoms with Gasteiger partial charge in [-0.05, 0) is 65.6 Å². The van der Waals surface area contributed by atoms with Crippen molar-refractivity contribution in [2.75, 3.05) is 25.1 Å². The van der Waals surface area contributed by atoms with Gasteiger partial charge in [0.1, 0.15) is 15.3 Å². The third kappa shape index (κ3) is 2.61. The summed E-state index contributed by atoms with van der Waals surface area (Å²) in [5.74, 6) is 1.34. The van der Waals surface area contributed by atoms with E-state index in [0.717, 1.165) is 39.2 Å². The van der Waals surface area contributed by atoms with E-state index in [4.69, 9.17) is 4.74 Å². The third-order valence-electron chi connectivity index (χ3n) is 5.95. The van der Waals surface area contributed by atoms with Crippen LogP contribution in [0.3, 0.4) is 0 Å². The second-order valence-corrected chi connectivity index (χ2v) is 8.45. The maximum Gasteiger partial charge on any atom is 0.309 e. The van der Waals surface area contributed by atoms with Crippen molar-refractivity contribution in [1.82, 2.24) is 14.8 Å². The second-order valence-electron chi connectivity index (χ2n) is 7.43. The van der Waals surface area contributed by atoms with Crippen LogP contribution in [0.1, 0.15) is 5.56 Å². The number of aromatic nitrogens is 3. The lowest BCUT2D eigenvalue weighted by Gasteiger charge is -2.20. The van der Waals surface area contributed by atoms with Crippen LogP contribution in [-0.2, 0) is 9.53 Å². The Bertz CT molecular complexity index is 1090. The fourth-order valence-corrected chi connectivity index (χ4v) is 5.03. The Balaban J connectivity index is 1.41. The zero-order valence-electron chi connectivity index (χ0n) is 15.4. The van der Waals surface area contributed by atoms with Crippen molar-refractivity contribution in [3.8, 4) is 5.69 Å². The summed E-state index contributed by atoms with van der Waals surface area (Å²) in [6.45, 7) is 3.41. The monoisotopic (exact) mass is 492 g/mol. The predicted molar refractivity (Wildman–Crippen MR) is 111 cm³/mol. The first-order valence-electron chi connectivity index (χ1n) is 9.12. The largest absolute Gasteiger partial charge is 0.469 e. The average Bonchev–Trinajstić information content (AvgIpc) is 3.04. The molecule has 2 aromatic heterocycles. The van der Waals surface area contributed by atoms with E-state index in [1.807, 2.05) is 12.1 Å². The molecule has 3 heterocycles. The molecule has 8 heteroatoms. The molecule has 144 valence electrons. The summed E-state index contributed by atoms with van der Waals surface area (Å²) < 4.78 is 21.5. The van der Waals surface area contributed by atoms with E-state index in [1.165, 1.54) is 13.2 Å². The molecular weight excluding hydrogens is 474 g/mol. The number of anilines is 1. The van der Waals surface area contributed by atoms with Crippen LogP contribution in [0.15, 0.2) is 30.5 Å². The van der Waals surface area contributed by atoms with Gasteiger partial charge in [-0.1, -0.05) is 0 Å². The Labute approximate surface area is 174 Å². The Morgan fingerprint density at radius 3 is 2.64 bits per heavy atom. The molecule has 0 bridgehead atoms. The summed E-state index contributed by atoms with van der Waals surface area (Å²) in [5.41, 5.74) is 2.13. The van der Waals surface area contributed by atoms with Crippen LogP contribution in [0, 0.1) is 34.2 Å². The van der Waals surface area contributed by atoms with Crippen LogP contribution >= 0.6 is 22.6 Å². The van der Waals surface area contributed by atoms with E-state index >= 15 is 0 Å². The van der Waals surface area contributed by atoms with Gasteiger partial charge in [0.25, 0.3) is 0 Å². The number of benzene rings is 1. The molecule has 1 aliphatic carbocycles. The SMILES string of the molecule is COC(=O)C1[C@H]2CN(c3ccc(-n4nc(I)c5ccc(F)c(C)c54)cn3)C[C@@H]12. The number of carbonyl (C=O) groups excluding carboxylic acids is 1. The quantitative estimate of drug-likeness (QED) is 0.415. The summed E-state index contributed by atoms with van der Waals surface area (Å²) in [5, 5.41) is 5.51. The minimum absolute atomic E-state index is 0.0518. The van der Waals surface area contributed by atoms with E-state index in [2.05, 4.69) is 37.6 Å². The van der Waals surface area contributed by atoms with E-state index in [9.17, 15) is 9.18 Å². The Morgan fingerprint density at radius 1 is 1.25 bits per heavy atom. The molecule has 1 unspecified atom stereocenters. The first-order chi connectivity index (χ1) is 13.5. The number of rotatable bonds is 3. The van der Waals surface area contributed by atoms with Gasteiger partial charge in [0.15, 0.2) is 0 Å². The van der Waals surface area contributed by atoms with Gasteiger partial charge in [0.2, 0.25) is 0 Å². The van der Waals surface area contributed by atoms with Crippen molar-refractivity contribution in [2.24, 2.45) is 17.8 Å². The first kappa shape index (κ1) is 17.8. The van der Waals surface area contributed by atoms with Crippen molar-refractivity contribution in [1.29, 1.82) is 0 Å². The number of hydrogen-bond acceptors (Lipinski definition) is 5. The lowest BCUT2D eigenvalue weighted by molar-refractivity contribution is -0.142. The smallest absolute Gasteiger partial charge is 0.309 e. The molecule has 0 spiro atoms. The van der Waals surface area contributed by atoms with Gasteiger partial charge >= 0.3 is 5.97 Å². The third-order valence-corrected chi connectivity index (χ3v) is 6.75. The molecule has 0 N–H and O–H groups in total. The van der Waals surface area contributed by atoms with Gasteiger partial charge in [0.05, 0.1) is 30.4 Å². The number of hydrogen-bond donors (Lipinski definition) is 0. The molecule has 3 atom stereocenters. The van der Waals surface area contributed by atoms with Crippen molar-refractivity contribution < 1.29 is 13.9 Å². The number of halogens is 2. The van der Waals surface area contributed by atoms with Crippen LogP contribution in [0.4, 0.5) is 10.2 Å². The average molecular weight is 492 g/mol. The van der Waals surface area contributed by atoms with Gasteiger partial charge in [-0.2, -0.15) is 5.10 Å². The lowest BCUT2D eigenvalue weighted by Crippen LogP contribution is -2.27. The minimum Gasteiger partial charge on any atom is -0.469 e. The van der Waals surface area contributed by atoms with Crippen LogP contribution < -0.4 is 4.90 Å². The summed E-state index contributed by atoms with van der Waals surface area (Å²) in [6.07, 6.45) is 1.77. The van der Waals surface area contributed by atoms with Crippen molar-refractivity contribution in [3.05, 3.63) is 45.5 Å². The molecule has 0 radical (unpaired) electrons. The van der Waals surface area contributed by atoms with Gasteiger partial charge in [0, 0.05) is 24.0 Å². The van der Waals surface area contributed by atoms with Crippen LogP contribution in [0.2, 0.25) is 0 Å². The number of esters is 1. The lowest BCUT2D eigenvalue weighted by atomic mass is 10.1. The Hall–Kier alpha value is -2.23. The summed E-state index contributed by atoms with van der Waals surface area (Å²) >= 11 is 2.17. The van der Waals surface area contributed by atoms with Gasteiger partial charge < -0.3 is 9.64 Å². The highest BCUT2D eigenvalue weighted by molar-refractivity contribution is 14.1. The standard InChI is InChI=1S/C20H18FIN4O2/c1-10-15(21)5-4-12-18(10)26(24-19(12)22)11-3-6-16(23-7-11)25-8-13-14(9-25)17(13)20(27)28-2/h3-7,13-14,17H,8-9H2,1-2H3/t13-,14+,17?. The number of aryl methyl sites for hydroxylation is 1. The highest BCUT2D eigenvalue weighted by Gasteiger charge is 2.60. The number of ether oxygens (including phenoxy) is 1. The van der Waals surface area contributed by atoms with Crippen molar-refractivity contribution in [3.63, 3.8) is 0 Å². The number of pyridine rings is 1. The van der Waals surface area contributed by atoms with Gasteiger partial charge in [-0.3, -0.25) is 4.79 Å². The van der Waals surface area contributed by atoms with Crippen molar-refractivity contribution in [2.45, 2.75) is 6.92 Å². The maximum atomic E-state index is 14.1. The summed E-state index contributed by atoms with van der Waals surface area (Å²) in [6, 6.07) is 7.16. The molecule has 28 heavy (non-hydrogen) atoms. The molecule has 1 saturated heterocycles. The van der Waals surface area contributed by atoms with Crippen LogP contribution in [-0.4, -0.2) is 40.9 Å². The number of nitrogens with zero attached hydrogens (tertiary/aromatic N) is 4. The number of piperidine rings is 1. The van der Waals surface area contributed by atoms with Crippen LogP contribution in [0.5, 0.6) is 0 Å². The maximum absolute atomic E-state index is 14.1. The fraction of sp³-hybridized carbons (Fsp3) is 0.350. The number of methoxy groups -OCH3 is 1. The van der Waals surface area contributed by atoms with Gasteiger partial charge in [-0.25, -0.2) is 14.1 Å². The van der Waals surface area contributed by atoms with Crippen molar-refractivity contribution >= 4 is 45.3 Å². The Morgan fingerprint density at radius 2 is 2.00 bits per heavy atom. The van der Waals surface area contributed by atoms with E-state index in [1.54, 1.807) is 23.9 Å². The zero-order chi connectivity index (χ0) is 19.6. The second kappa shape index (κ2) is 6.40. The van der Waals surface area contributed by atoms with E-state index in [-0.39, 0.29) is 17.7 Å². The molecule has 3 aromatic rings. The number of carbonyl (C=O) groups is 1. The minimum atomic E-state index is -0.244. The zero-order valence-corrected chi connectivity index (χ0v) is 17.6. The molecule has 5 rings (SSSR count). The fourth-order valence-electron chi connectivity index (χ4n) is 4.38. The topological polar surface area (TPSA) is 60.2 Å². The summed E-state index contributed by atoms with van der Waals surface area (Å²) in [4.78, 5) is 18.5. The molecular formula is C20H18FIN4O2. The van der Waals surface area contributed by atoms with E-state index in [0.29, 0.717) is 17.4 Å². The molecule has 6 nitrogen and oxygen atoms in total. The highest BCUT2D eigenvalue weighted by Crippen LogP contribution is 2.52. The normalized spacial score (nSPS) is 23.1.